The standard InChI is InChI=1S/C33H41F3N5O5P/c1-5-44-24-14-10-22(11-15-24)25-16-17-28(29-26(25)19-41(4)31(29)42)39-30-27(33(34,35)36)18-37-32(40-30)38-23-12-8-21(9-13-23)20-47(43,45-6-2)46-7-3/h8-9,12-13,16-18,22,24H,5-7,10-11,14-15,19-20H2,1-4H3,(H2,37,38,39,40)/t22-,24-. The van der Waals surface area contributed by atoms with Crippen LogP contribution < -0.4 is 10.6 Å². The zero-order chi connectivity index (χ0) is 33.8. The maximum absolute atomic E-state index is 14.1. The molecule has 1 fully saturated rings. The van der Waals surface area contributed by atoms with Crippen molar-refractivity contribution in [3.8, 4) is 0 Å². The van der Waals surface area contributed by atoms with E-state index in [-0.39, 0.29) is 48.9 Å². The Morgan fingerprint density at radius 3 is 2.26 bits per heavy atom. The fourth-order valence-electron chi connectivity index (χ4n) is 6.28. The van der Waals surface area contributed by atoms with E-state index in [4.69, 9.17) is 13.8 Å². The molecule has 5 rings (SSSR count). The molecule has 1 aliphatic heterocycles. The predicted molar refractivity (Wildman–Crippen MR) is 173 cm³/mol. The van der Waals surface area contributed by atoms with Gasteiger partial charge in [-0.1, -0.05) is 18.2 Å². The Bertz CT molecular complexity index is 1600. The van der Waals surface area contributed by atoms with Crippen molar-refractivity contribution in [1.29, 1.82) is 0 Å². The van der Waals surface area contributed by atoms with Gasteiger partial charge in [0.05, 0.1) is 36.7 Å². The van der Waals surface area contributed by atoms with E-state index in [2.05, 4.69) is 20.6 Å². The molecular formula is C33H41F3N5O5P. The van der Waals surface area contributed by atoms with Crippen molar-refractivity contribution in [3.05, 3.63) is 70.4 Å². The topological polar surface area (TPSA) is 115 Å². The largest absolute Gasteiger partial charge is 0.421 e. The molecule has 0 radical (unpaired) electrons. The molecular weight excluding hydrogens is 634 g/mol. The van der Waals surface area contributed by atoms with Crippen molar-refractivity contribution in [2.75, 3.05) is 37.5 Å². The van der Waals surface area contributed by atoms with Gasteiger partial charge < -0.3 is 29.3 Å². The van der Waals surface area contributed by atoms with Crippen LogP contribution in [-0.2, 0) is 37.2 Å². The molecule has 254 valence electrons. The first-order valence-electron chi connectivity index (χ1n) is 15.9. The van der Waals surface area contributed by atoms with E-state index in [1.807, 2.05) is 13.0 Å². The first kappa shape index (κ1) is 34.8. The van der Waals surface area contributed by atoms with Gasteiger partial charge in [-0.3, -0.25) is 9.36 Å². The average molecular weight is 676 g/mol. The van der Waals surface area contributed by atoms with E-state index in [0.29, 0.717) is 36.2 Å². The van der Waals surface area contributed by atoms with Crippen LogP contribution in [0, 0.1) is 0 Å². The van der Waals surface area contributed by atoms with Gasteiger partial charge in [-0.2, -0.15) is 18.2 Å². The summed E-state index contributed by atoms with van der Waals surface area (Å²) in [5.74, 6) is -0.571. The molecule has 1 aromatic heterocycles. The zero-order valence-electron chi connectivity index (χ0n) is 27.0. The normalized spacial score (nSPS) is 18.4. The van der Waals surface area contributed by atoms with Gasteiger partial charge in [-0.15, -0.1) is 0 Å². The minimum atomic E-state index is -4.75. The van der Waals surface area contributed by atoms with E-state index in [1.165, 1.54) is 0 Å². The lowest BCUT2D eigenvalue weighted by Gasteiger charge is -2.30. The molecule has 47 heavy (non-hydrogen) atoms. The molecule has 3 aromatic rings. The van der Waals surface area contributed by atoms with Gasteiger partial charge in [0.2, 0.25) is 5.95 Å². The van der Waals surface area contributed by atoms with Crippen molar-refractivity contribution in [1.82, 2.24) is 14.9 Å². The Kier molecular flexibility index (Phi) is 10.9. The maximum atomic E-state index is 14.1. The lowest BCUT2D eigenvalue weighted by atomic mass is 9.80. The zero-order valence-corrected chi connectivity index (χ0v) is 27.9. The Labute approximate surface area is 272 Å². The molecule has 0 atom stereocenters. The van der Waals surface area contributed by atoms with Crippen molar-refractivity contribution >= 4 is 36.6 Å². The number of nitrogens with one attached hydrogen (secondary N) is 2. The first-order chi connectivity index (χ1) is 22.4. The molecule has 14 heteroatoms. The molecule has 1 saturated carbocycles. The van der Waals surface area contributed by atoms with Gasteiger partial charge in [-0.05, 0) is 87.3 Å². The van der Waals surface area contributed by atoms with Gasteiger partial charge in [0, 0.05) is 32.1 Å². The molecule has 0 saturated heterocycles. The number of fused-ring (bicyclic) bond motifs is 1. The van der Waals surface area contributed by atoms with Gasteiger partial charge in [0.25, 0.3) is 5.91 Å². The molecule has 2 aromatic carbocycles. The first-order valence-corrected chi connectivity index (χ1v) is 17.7. The Balaban J connectivity index is 1.40. The molecule has 0 unspecified atom stereocenters. The van der Waals surface area contributed by atoms with Gasteiger partial charge in [0.15, 0.2) is 0 Å². The smallest absolute Gasteiger partial charge is 0.379 e. The highest BCUT2D eigenvalue weighted by Gasteiger charge is 2.37. The number of alkyl halides is 3. The van der Waals surface area contributed by atoms with E-state index in [1.54, 1.807) is 56.1 Å². The lowest BCUT2D eigenvalue weighted by molar-refractivity contribution is -0.137. The number of hydrogen-bond donors (Lipinski definition) is 2. The molecule has 1 amide bonds. The predicted octanol–water partition coefficient (Wildman–Crippen LogP) is 8.40. The van der Waals surface area contributed by atoms with E-state index in [9.17, 15) is 22.5 Å². The third-order valence-corrected chi connectivity index (χ3v) is 10.5. The summed E-state index contributed by atoms with van der Waals surface area (Å²) in [6.07, 6.45) is -0.0499. The molecule has 1 aliphatic carbocycles. The summed E-state index contributed by atoms with van der Waals surface area (Å²) >= 11 is 0. The summed E-state index contributed by atoms with van der Waals surface area (Å²) in [7, 11) is -1.62. The molecule has 0 spiro atoms. The van der Waals surface area contributed by atoms with E-state index < -0.39 is 25.2 Å². The summed E-state index contributed by atoms with van der Waals surface area (Å²) in [5, 5.41) is 5.77. The third kappa shape index (κ3) is 8.14. The number of nitrogens with zero attached hydrogens (tertiary/aromatic N) is 3. The summed E-state index contributed by atoms with van der Waals surface area (Å²) in [6.45, 7) is 7.00. The van der Waals surface area contributed by atoms with Crippen LogP contribution in [0.15, 0.2) is 42.6 Å². The Hall–Kier alpha value is -3.51. The number of carbonyl (C=O) groups is 1. The van der Waals surface area contributed by atoms with E-state index in [0.717, 1.165) is 36.8 Å². The highest BCUT2D eigenvalue weighted by Crippen LogP contribution is 2.51. The van der Waals surface area contributed by atoms with Crippen molar-refractivity contribution in [2.45, 2.75) is 77.4 Å². The van der Waals surface area contributed by atoms with Crippen LogP contribution >= 0.6 is 7.60 Å². The number of anilines is 4. The second-order valence-corrected chi connectivity index (χ2v) is 13.7. The van der Waals surface area contributed by atoms with Crippen LogP contribution in [0.2, 0.25) is 0 Å². The summed E-state index contributed by atoms with van der Waals surface area (Å²) in [5.41, 5.74) is 2.66. The van der Waals surface area contributed by atoms with Crippen molar-refractivity contribution in [3.63, 3.8) is 0 Å². The SMILES string of the molecule is CCOP(=O)(Cc1ccc(Nc2ncc(C(F)(F)F)c(Nc3ccc([C@H]4CC[C@H](OCC)CC4)c4c3C(=O)N(C)C4)n2)cc1)OCC. The van der Waals surface area contributed by atoms with Crippen LogP contribution in [0.5, 0.6) is 0 Å². The second kappa shape index (κ2) is 14.7. The number of rotatable bonds is 13. The van der Waals surface area contributed by atoms with Gasteiger partial charge in [-0.25, -0.2) is 4.98 Å². The van der Waals surface area contributed by atoms with E-state index >= 15 is 0 Å². The molecule has 2 N–H and O–H groups in total. The number of ether oxygens (including phenoxy) is 1. The highest BCUT2D eigenvalue weighted by molar-refractivity contribution is 7.53. The van der Waals surface area contributed by atoms with Crippen LogP contribution in [-0.4, -0.2) is 53.7 Å². The molecule has 0 bridgehead atoms. The fraction of sp³-hybridized carbons (Fsp3) is 0.485. The number of amides is 1. The minimum Gasteiger partial charge on any atom is -0.379 e. The highest BCUT2D eigenvalue weighted by atomic mass is 31.2. The fourth-order valence-corrected chi connectivity index (χ4v) is 7.98. The van der Waals surface area contributed by atoms with Crippen molar-refractivity contribution in [2.24, 2.45) is 0 Å². The average Bonchev–Trinajstić information content (AvgIpc) is 3.32. The van der Waals surface area contributed by atoms with Gasteiger partial charge >= 0.3 is 13.8 Å². The summed E-state index contributed by atoms with van der Waals surface area (Å²) < 4.78 is 71.8. The minimum absolute atomic E-state index is 0.0748. The third-order valence-electron chi connectivity index (χ3n) is 8.41. The summed E-state index contributed by atoms with van der Waals surface area (Å²) in [6, 6.07) is 10.4. The number of halogens is 3. The molecule has 2 heterocycles. The number of hydrogen-bond acceptors (Lipinski definition) is 9. The van der Waals surface area contributed by atoms with Crippen molar-refractivity contribution < 1.29 is 36.3 Å². The quantitative estimate of drug-likeness (QED) is 0.172. The maximum Gasteiger partial charge on any atom is 0.421 e. The Morgan fingerprint density at radius 1 is 0.957 bits per heavy atom. The monoisotopic (exact) mass is 675 g/mol. The number of carbonyl (C=O) groups excluding carboxylic acids is 1. The number of benzene rings is 2. The van der Waals surface area contributed by atoms with Crippen LogP contribution in [0.1, 0.15) is 85.0 Å². The molecule has 2 aliphatic rings. The second-order valence-electron chi connectivity index (χ2n) is 11.7. The molecule has 10 nitrogen and oxygen atoms in total. The summed E-state index contributed by atoms with van der Waals surface area (Å²) in [4.78, 5) is 23.0. The van der Waals surface area contributed by atoms with Crippen LogP contribution in [0.25, 0.3) is 0 Å². The van der Waals surface area contributed by atoms with Crippen LogP contribution in [0.3, 0.4) is 0 Å². The van der Waals surface area contributed by atoms with Gasteiger partial charge in [0.1, 0.15) is 11.4 Å². The Morgan fingerprint density at radius 2 is 1.64 bits per heavy atom. The van der Waals surface area contributed by atoms with Crippen LogP contribution in [0.4, 0.5) is 36.3 Å². The lowest BCUT2D eigenvalue weighted by Crippen LogP contribution is -2.21. The number of aromatic nitrogens is 2.